The second-order valence-electron chi connectivity index (χ2n) is 7.55. The molecule has 0 saturated heterocycles. The third-order valence-corrected chi connectivity index (χ3v) is 5.76. The summed E-state index contributed by atoms with van der Waals surface area (Å²) in [6.07, 6.45) is 4.62. The summed E-state index contributed by atoms with van der Waals surface area (Å²) in [5.41, 5.74) is 5.15. The number of phenolic OH excluding ortho intramolecular Hbond substituents is 1. The lowest BCUT2D eigenvalue weighted by molar-refractivity contribution is 0.474. The second-order valence-corrected chi connectivity index (χ2v) is 7.55. The van der Waals surface area contributed by atoms with E-state index in [1.807, 2.05) is 13.0 Å². The van der Waals surface area contributed by atoms with Gasteiger partial charge in [-0.2, -0.15) is 5.10 Å². The Kier molecular flexibility index (Phi) is 4.40. The van der Waals surface area contributed by atoms with E-state index in [9.17, 15) is 5.11 Å². The van der Waals surface area contributed by atoms with Crippen molar-refractivity contribution in [3.63, 3.8) is 0 Å². The number of aromatic nitrogens is 4. The molecule has 7 heteroatoms. The van der Waals surface area contributed by atoms with E-state index in [0.29, 0.717) is 28.9 Å². The number of imidazole rings is 1. The molecule has 0 bridgehead atoms. The number of hydrogen-bond acceptors (Lipinski definition) is 4. The van der Waals surface area contributed by atoms with Crippen molar-refractivity contribution < 1.29 is 9.50 Å². The van der Waals surface area contributed by atoms with Gasteiger partial charge >= 0.3 is 0 Å². The zero-order valence-electron chi connectivity index (χ0n) is 16.8. The van der Waals surface area contributed by atoms with Gasteiger partial charge in [-0.1, -0.05) is 25.1 Å². The van der Waals surface area contributed by atoms with E-state index in [-0.39, 0.29) is 17.3 Å². The molecule has 0 aliphatic carbocycles. The predicted molar refractivity (Wildman–Crippen MR) is 116 cm³/mol. The van der Waals surface area contributed by atoms with Crippen molar-refractivity contribution >= 4 is 16.5 Å². The summed E-state index contributed by atoms with van der Waals surface area (Å²) in [5, 5.41) is 21.0. The van der Waals surface area contributed by atoms with E-state index in [1.54, 1.807) is 30.5 Å². The lowest BCUT2D eigenvalue weighted by Crippen LogP contribution is -2.20. The molecule has 0 saturated carbocycles. The first-order valence-electron chi connectivity index (χ1n) is 10.0. The Morgan fingerprint density at radius 1 is 1.20 bits per heavy atom. The molecule has 1 aliphatic heterocycles. The van der Waals surface area contributed by atoms with Crippen molar-refractivity contribution in [2.75, 3.05) is 6.54 Å². The van der Waals surface area contributed by atoms with Crippen LogP contribution in [0.3, 0.4) is 0 Å². The van der Waals surface area contributed by atoms with E-state index < -0.39 is 5.82 Å². The summed E-state index contributed by atoms with van der Waals surface area (Å²) in [6.45, 7) is 4.92. The standard InChI is InChI=1S/C23H22FN5O/c1-3-13-10-14(30)4-5-16(13)17-6-7-18-21(20(17)24)28-29-22(18)23-26-11-19(27-23)15-8-9-25-12(15)2/h4-8,10-12,25,30H,3,9H2,1-2H3,(H,26,27)(H,28,29). The SMILES string of the molecule is CCc1cc(O)ccc1-c1ccc2c(-c3ncc(C4=CCNC4C)[nH]3)[nH]nc2c1F. The fourth-order valence-corrected chi connectivity index (χ4v) is 4.14. The third kappa shape index (κ3) is 2.90. The number of nitrogens with one attached hydrogen (secondary N) is 3. The molecule has 152 valence electrons. The molecule has 1 unspecified atom stereocenters. The first kappa shape index (κ1) is 18.6. The van der Waals surface area contributed by atoms with Gasteiger partial charge in [0, 0.05) is 23.5 Å². The highest BCUT2D eigenvalue weighted by Crippen LogP contribution is 2.35. The summed E-state index contributed by atoms with van der Waals surface area (Å²) < 4.78 is 15.4. The highest BCUT2D eigenvalue weighted by Gasteiger charge is 2.21. The summed E-state index contributed by atoms with van der Waals surface area (Å²) in [6, 6.07) is 8.88. The smallest absolute Gasteiger partial charge is 0.159 e. The average molecular weight is 403 g/mol. The van der Waals surface area contributed by atoms with Crippen LogP contribution in [0, 0.1) is 5.82 Å². The molecule has 1 aliphatic rings. The van der Waals surface area contributed by atoms with E-state index in [4.69, 9.17) is 0 Å². The van der Waals surface area contributed by atoms with Crippen LogP contribution >= 0.6 is 0 Å². The van der Waals surface area contributed by atoms with Crippen molar-refractivity contribution in [1.29, 1.82) is 0 Å². The van der Waals surface area contributed by atoms with Gasteiger partial charge < -0.3 is 15.4 Å². The highest BCUT2D eigenvalue weighted by molar-refractivity contribution is 5.95. The number of fused-ring (bicyclic) bond motifs is 1. The molecule has 4 N–H and O–H groups in total. The minimum atomic E-state index is -0.390. The molecule has 0 spiro atoms. The number of rotatable bonds is 4. The summed E-state index contributed by atoms with van der Waals surface area (Å²) in [4.78, 5) is 7.82. The second kappa shape index (κ2) is 7.11. The van der Waals surface area contributed by atoms with Gasteiger partial charge in [0.15, 0.2) is 11.6 Å². The van der Waals surface area contributed by atoms with Gasteiger partial charge in [0.1, 0.15) is 17.0 Å². The molecule has 3 heterocycles. The Morgan fingerprint density at radius 2 is 2.03 bits per heavy atom. The van der Waals surface area contributed by atoms with Gasteiger partial charge in [0.2, 0.25) is 0 Å². The first-order chi connectivity index (χ1) is 14.6. The van der Waals surface area contributed by atoms with Gasteiger partial charge in [0.05, 0.1) is 11.9 Å². The number of hydrogen-bond donors (Lipinski definition) is 4. The summed E-state index contributed by atoms with van der Waals surface area (Å²) in [5.74, 6) is 0.409. The molecule has 5 rings (SSSR count). The zero-order chi connectivity index (χ0) is 20.8. The number of aryl methyl sites for hydroxylation is 1. The lowest BCUT2D eigenvalue weighted by Gasteiger charge is -2.10. The van der Waals surface area contributed by atoms with Gasteiger partial charge in [-0.25, -0.2) is 9.37 Å². The third-order valence-electron chi connectivity index (χ3n) is 5.76. The largest absolute Gasteiger partial charge is 0.508 e. The Balaban J connectivity index is 1.58. The Hall–Kier alpha value is -3.45. The van der Waals surface area contributed by atoms with Crippen molar-refractivity contribution in [3.8, 4) is 28.4 Å². The predicted octanol–water partition coefficient (Wildman–Crippen LogP) is 4.40. The molecule has 0 fully saturated rings. The quantitative estimate of drug-likeness (QED) is 0.407. The average Bonchev–Trinajstić information content (AvgIpc) is 3.47. The number of benzene rings is 2. The topological polar surface area (TPSA) is 89.6 Å². The van der Waals surface area contributed by atoms with Crippen LogP contribution in [-0.2, 0) is 6.42 Å². The maximum absolute atomic E-state index is 15.4. The Labute approximate surface area is 172 Å². The zero-order valence-corrected chi connectivity index (χ0v) is 16.8. The number of phenols is 1. The van der Waals surface area contributed by atoms with Gasteiger partial charge in [0.25, 0.3) is 0 Å². The Bertz CT molecular complexity index is 1290. The normalized spacial score (nSPS) is 16.4. The van der Waals surface area contributed by atoms with Crippen molar-refractivity contribution in [1.82, 2.24) is 25.5 Å². The minimum absolute atomic E-state index is 0.176. The van der Waals surface area contributed by atoms with E-state index in [2.05, 4.69) is 38.5 Å². The van der Waals surface area contributed by atoms with Crippen LogP contribution in [0.25, 0.3) is 39.1 Å². The van der Waals surface area contributed by atoms with Crippen LogP contribution in [0.15, 0.2) is 42.6 Å². The molecule has 0 radical (unpaired) electrons. The van der Waals surface area contributed by atoms with E-state index in [1.165, 1.54) is 5.57 Å². The van der Waals surface area contributed by atoms with Crippen molar-refractivity contribution in [2.24, 2.45) is 0 Å². The molecule has 0 amide bonds. The van der Waals surface area contributed by atoms with E-state index in [0.717, 1.165) is 23.4 Å². The first-order valence-corrected chi connectivity index (χ1v) is 10.0. The number of aromatic amines is 2. The van der Waals surface area contributed by atoms with Crippen LogP contribution in [-0.4, -0.2) is 37.9 Å². The monoisotopic (exact) mass is 403 g/mol. The maximum atomic E-state index is 15.4. The van der Waals surface area contributed by atoms with Gasteiger partial charge in [-0.3, -0.25) is 5.10 Å². The highest BCUT2D eigenvalue weighted by atomic mass is 19.1. The molecule has 2 aromatic heterocycles. The number of aromatic hydroxyl groups is 1. The molecule has 6 nitrogen and oxygen atoms in total. The van der Waals surface area contributed by atoms with Crippen LogP contribution < -0.4 is 5.32 Å². The number of H-pyrrole nitrogens is 2. The van der Waals surface area contributed by atoms with Crippen LogP contribution in [0.1, 0.15) is 25.1 Å². The number of nitrogens with zero attached hydrogens (tertiary/aromatic N) is 2. The van der Waals surface area contributed by atoms with Crippen LogP contribution in [0.5, 0.6) is 5.75 Å². The number of halogens is 1. The summed E-state index contributed by atoms with van der Waals surface area (Å²) in [7, 11) is 0. The van der Waals surface area contributed by atoms with Crippen LogP contribution in [0.2, 0.25) is 0 Å². The fraction of sp³-hybridized carbons (Fsp3) is 0.217. The summed E-state index contributed by atoms with van der Waals surface area (Å²) >= 11 is 0. The molecule has 2 aromatic carbocycles. The molecule has 30 heavy (non-hydrogen) atoms. The van der Waals surface area contributed by atoms with Crippen molar-refractivity contribution in [2.45, 2.75) is 26.3 Å². The minimum Gasteiger partial charge on any atom is -0.508 e. The lowest BCUT2D eigenvalue weighted by atomic mass is 9.96. The maximum Gasteiger partial charge on any atom is 0.159 e. The molecule has 4 aromatic rings. The van der Waals surface area contributed by atoms with Crippen molar-refractivity contribution in [3.05, 3.63) is 59.7 Å². The van der Waals surface area contributed by atoms with Gasteiger partial charge in [-0.15, -0.1) is 0 Å². The molecular formula is C23H22FN5O. The fourth-order valence-electron chi connectivity index (χ4n) is 4.14. The van der Waals surface area contributed by atoms with Crippen LogP contribution in [0.4, 0.5) is 4.39 Å². The molecule has 1 atom stereocenters. The molecular weight excluding hydrogens is 381 g/mol. The van der Waals surface area contributed by atoms with Gasteiger partial charge in [-0.05, 0) is 48.2 Å². The van der Waals surface area contributed by atoms with E-state index >= 15 is 4.39 Å². The Morgan fingerprint density at radius 3 is 2.80 bits per heavy atom.